The Hall–Kier alpha value is -3.40. The topological polar surface area (TPSA) is 27.1 Å². The first-order chi connectivity index (χ1) is 13.2. The zero-order valence-corrected chi connectivity index (χ0v) is 15.0. The van der Waals surface area contributed by atoms with Gasteiger partial charge in [-0.25, -0.2) is 9.37 Å². The predicted molar refractivity (Wildman–Crippen MR) is 105 cm³/mol. The van der Waals surface area contributed by atoms with E-state index in [-0.39, 0.29) is 5.82 Å². The zero-order chi connectivity index (χ0) is 18.6. The number of ether oxygens (including phenoxy) is 1. The van der Waals surface area contributed by atoms with Crippen LogP contribution in [-0.4, -0.2) is 16.7 Å². The summed E-state index contributed by atoms with van der Waals surface area (Å²) in [5.41, 5.74) is 4.04. The van der Waals surface area contributed by atoms with Crippen LogP contribution in [0.5, 0.6) is 5.75 Å². The van der Waals surface area contributed by atoms with E-state index >= 15 is 0 Å². The van der Waals surface area contributed by atoms with Crippen LogP contribution >= 0.6 is 0 Å². The van der Waals surface area contributed by atoms with Gasteiger partial charge in [-0.05, 0) is 47.0 Å². The van der Waals surface area contributed by atoms with Crippen molar-refractivity contribution in [3.8, 4) is 28.3 Å². The highest BCUT2D eigenvalue weighted by atomic mass is 19.1. The van der Waals surface area contributed by atoms with E-state index in [1.54, 1.807) is 25.4 Å². The SMILES string of the molecule is COc1ccc(-c2ccccc2)c(-c2nccn2Cc2cccc(F)c2)c1. The standard InChI is InChI=1S/C23H19FN2O/c1-27-20-10-11-21(18-7-3-2-4-8-18)22(15-20)23-25-12-13-26(23)16-17-6-5-9-19(24)14-17/h2-15H,16H2,1H3. The van der Waals surface area contributed by atoms with Crippen molar-refractivity contribution in [2.45, 2.75) is 6.54 Å². The predicted octanol–water partition coefficient (Wildman–Crippen LogP) is 5.41. The lowest BCUT2D eigenvalue weighted by atomic mass is 9.98. The van der Waals surface area contributed by atoms with Crippen molar-refractivity contribution in [2.24, 2.45) is 0 Å². The second-order valence-corrected chi connectivity index (χ2v) is 6.29. The number of imidazole rings is 1. The Balaban J connectivity index is 1.81. The molecule has 0 unspecified atom stereocenters. The van der Waals surface area contributed by atoms with Gasteiger partial charge in [0.05, 0.1) is 7.11 Å². The van der Waals surface area contributed by atoms with Crippen LogP contribution in [0.2, 0.25) is 0 Å². The molecule has 0 atom stereocenters. The van der Waals surface area contributed by atoms with E-state index in [0.717, 1.165) is 33.8 Å². The number of hydrogen-bond acceptors (Lipinski definition) is 2. The van der Waals surface area contributed by atoms with Crippen molar-refractivity contribution in [1.82, 2.24) is 9.55 Å². The minimum atomic E-state index is -0.236. The fourth-order valence-electron chi connectivity index (χ4n) is 3.22. The Kier molecular flexibility index (Phi) is 4.71. The highest BCUT2D eigenvalue weighted by Gasteiger charge is 2.14. The van der Waals surface area contributed by atoms with E-state index in [4.69, 9.17) is 4.74 Å². The highest BCUT2D eigenvalue weighted by Crippen LogP contribution is 2.34. The maximum absolute atomic E-state index is 13.6. The van der Waals surface area contributed by atoms with Crippen molar-refractivity contribution in [2.75, 3.05) is 7.11 Å². The third-order valence-electron chi connectivity index (χ3n) is 4.51. The molecule has 0 spiro atoms. The molecule has 3 nitrogen and oxygen atoms in total. The van der Waals surface area contributed by atoms with Crippen LogP contribution in [0.25, 0.3) is 22.5 Å². The lowest BCUT2D eigenvalue weighted by Crippen LogP contribution is -2.02. The van der Waals surface area contributed by atoms with Gasteiger partial charge in [-0.15, -0.1) is 0 Å². The third kappa shape index (κ3) is 3.60. The summed E-state index contributed by atoms with van der Waals surface area (Å²) in [6, 6.07) is 22.8. The largest absolute Gasteiger partial charge is 0.497 e. The van der Waals surface area contributed by atoms with E-state index in [1.807, 2.05) is 53.2 Å². The molecule has 0 N–H and O–H groups in total. The van der Waals surface area contributed by atoms with Crippen molar-refractivity contribution in [1.29, 1.82) is 0 Å². The average molecular weight is 358 g/mol. The highest BCUT2D eigenvalue weighted by molar-refractivity contribution is 5.81. The lowest BCUT2D eigenvalue weighted by molar-refractivity contribution is 0.415. The molecule has 0 saturated heterocycles. The van der Waals surface area contributed by atoms with Gasteiger partial charge in [0.15, 0.2) is 0 Å². The Bertz CT molecular complexity index is 1060. The molecule has 4 heteroatoms. The molecule has 0 aliphatic rings. The van der Waals surface area contributed by atoms with Gasteiger partial charge in [0.2, 0.25) is 0 Å². The van der Waals surface area contributed by atoms with Crippen molar-refractivity contribution >= 4 is 0 Å². The molecule has 4 rings (SSSR count). The van der Waals surface area contributed by atoms with Gasteiger partial charge in [-0.3, -0.25) is 0 Å². The minimum absolute atomic E-state index is 0.236. The van der Waals surface area contributed by atoms with Crippen LogP contribution in [0.1, 0.15) is 5.56 Å². The monoisotopic (exact) mass is 358 g/mol. The first-order valence-corrected chi connectivity index (χ1v) is 8.74. The summed E-state index contributed by atoms with van der Waals surface area (Å²) in [4.78, 5) is 4.58. The molecule has 0 bridgehead atoms. The number of nitrogens with zero attached hydrogens (tertiary/aromatic N) is 2. The van der Waals surface area contributed by atoms with Crippen LogP contribution in [-0.2, 0) is 6.54 Å². The minimum Gasteiger partial charge on any atom is -0.497 e. The molecule has 134 valence electrons. The van der Waals surface area contributed by atoms with Crippen molar-refractivity contribution < 1.29 is 9.13 Å². The summed E-state index contributed by atoms with van der Waals surface area (Å²) in [7, 11) is 1.65. The Morgan fingerprint density at radius 3 is 2.56 bits per heavy atom. The molecule has 0 saturated carbocycles. The Labute approximate surface area is 157 Å². The molecule has 1 aromatic heterocycles. The van der Waals surface area contributed by atoms with E-state index in [1.165, 1.54) is 6.07 Å². The second-order valence-electron chi connectivity index (χ2n) is 6.29. The number of methoxy groups -OCH3 is 1. The maximum Gasteiger partial charge on any atom is 0.140 e. The molecular formula is C23H19FN2O. The molecule has 4 aromatic rings. The molecule has 0 radical (unpaired) electrons. The summed E-state index contributed by atoms with van der Waals surface area (Å²) in [5, 5.41) is 0. The summed E-state index contributed by atoms with van der Waals surface area (Å²) in [6.07, 6.45) is 3.68. The van der Waals surface area contributed by atoms with E-state index in [0.29, 0.717) is 6.54 Å². The fourth-order valence-corrected chi connectivity index (χ4v) is 3.22. The van der Waals surface area contributed by atoms with Crippen molar-refractivity contribution in [3.05, 3.63) is 96.6 Å². The Morgan fingerprint density at radius 1 is 0.926 bits per heavy atom. The lowest BCUT2D eigenvalue weighted by Gasteiger charge is -2.14. The number of benzene rings is 3. The zero-order valence-electron chi connectivity index (χ0n) is 15.0. The third-order valence-corrected chi connectivity index (χ3v) is 4.51. The average Bonchev–Trinajstić information content (AvgIpc) is 3.16. The van der Waals surface area contributed by atoms with Gasteiger partial charge in [0.1, 0.15) is 17.4 Å². The summed E-state index contributed by atoms with van der Waals surface area (Å²) in [6.45, 7) is 0.540. The molecule has 1 heterocycles. The van der Waals surface area contributed by atoms with Gasteiger partial charge in [-0.1, -0.05) is 42.5 Å². The molecular weight excluding hydrogens is 339 g/mol. The normalized spacial score (nSPS) is 10.7. The van der Waals surface area contributed by atoms with Crippen LogP contribution in [0, 0.1) is 5.82 Å². The summed E-state index contributed by atoms with van der Waals surface area (Å²) in [5.74, 6) is 1.35. The second kappa shape index (κ2) is 7.46. The van der Waals surface area contributed by atoms with Crippen LogP contribution in [0.3, 0.4) is 0 Å². The smallest absolute Gasteiger partial charge is 0.140 e. The van der Waals surface area contributed by atoms with E-state index in [9.17, 15) is 4.39 Å². The summed E-state index contributed by atoms with van der Waals surface area (Å²) < 4.78 is 21.0. The van der Waals surface area contributed by atoms with E-state index in [2.05, 4.69) is 17.1 Å². The molecule has 0 aliphatic heterocycles. The molecule has 0 amide bonds. The number of rotatable bonds is 5. The Morgan fingerprint density at radius 2 is 1.78 bits per heavy atom. The summed E-state index contributed by atoms with van der Waals surface area (Å²) >= 11 is 0. The van der Waals surface area contributed by atoms with Gasteiger partial charge in [0, 0.05) is 24.5 Å². The van der Waals surface area contributed by atoms with Gasteiger partial charge in [0.25, 0.3) is 0 Å². The van der Waals surface area contributed by atoms with Crippen LogP contribution in [0.15, 0.2) is 85.2 Å². The quantitative estimate of drug-likeness (QED) is 0.477. The molecule has 3 aromatic carbocycles. The molecule has 0 fully saturated rings. The van der Waals surface area contributed by atoms with Crippen molar-refractivity contribution in [3.63, 3.8) is 0 Å². The van der Waals surface area contributed by atoms with E-state index < -0.39 is 0 Å². The molecule has 27 heavy (non-hydrogen) atoms. The van der Waals surface area contributed by atoms with Gasteiger partial charge < -0.3 is 9.30 Å². The first kappa shape index (κ1) is 17.0. The number of hydrogen-bond donors (Lipinski definition) is 0. The van der Waals surface area contributed by atoms with Crippen LogP contribution in [0.4, 0.5) is 4.39 Å². The number of aromatic nitrogens is 2. The number of halogens is 1. The van der Waals surface area contributed by atoms with Gasteiger partial charge in [-0.2, -0.15) is 0 Å². The molecule has 0 aliphatic carbocycles. The maximum atomic E-state index is 13.6. The fraction of sp³-hybridized carbons (Fsp3) is 0.0870. The van der Waals surface area contributed by atoms with Crippen LogP contribution < -0.4 is 4.74 Å². The first-order valence-electron chi connectivity index (χ1n) is 8.74. The van der Waals surface area contributed by atoms with Gasteiger partial charge >= 0.3 is 0 Å².